The van der Waals surface area contributed by atoms with Gasteiger partial charge in [-0.3, -0.25) is 0 Å². The van der Waals surface area contributed by atoms with Crippen LogP contribution in [-0.2, 0) is 0 Å². The summed E-state index contributed by atoms with van der Waals surface area (Å²) in [5, 5.41) is 9.97. The average Bonchev–Trinajstić information content (AvgIpc) is 3.11. The predicted molar refractivity (Wildman–Crippen MR) is 75.1 cm³/mol. The molecular weight excluding hydrogens is 250 g/mol. The summed E-state index contributed by atoms with van der Waals surface area (Å²) in [5.74, 6) is 1.24. The summed E-state index contributed by atoms with van der Waals surface area (Å²) in [6, 6.07) is 7.42. The Kier molecular flexibility index (Phi) is 5.45. The Morgan fingerprint density at radius 2 is 1.78 bits per heavy atom. The van der Waals surface area contributed by atoms with Crippen molar-refractivity contribution in [2.24, 2.45) is 11.7 Å². The highest BCUT2D eigenvalue weighted by molar-refractivity contribution is 5.85. The van der Waals surface area contributed by atoms with E-state index in [-0.39, 0.29) is 24.6 Å². The molecule has 3 N–H and O–H groups in total. The largest absolute Gasteiger partial charge is 0.491 e. The van der Waals surface area contributed by atoms with Gasteiger partial charge in [0.2, 0.25) is 0 Å². The lowest BCUT2D eigenvalue weighted by Gasteiger charge is -2.19. The number of halogens is 1. The van der Waals surface area contributed by atoms with Crippen LogP contribution in [0.15, 0.2) is 24.3 Å². The van der Waals surface area contributed by atoms with E-state index in [1.807, 2.05) is 38.1 Å². The van der Waals surface area contributed by atoms with Gasteiger partial charge in [-0.1, -0.05) is 12.1 Å². The van der Waals surface area contributed by atoms with Crippen LogP contribution in [-0.4, -0.2) is 17.3 Å². The molecule has 1 aliphatic rings. The summed E-state index contributed by atoms with van der Waals surface area (Å²) in [4.78, 5) is 0. The van der Waals surface area contributed by atoms with E-state index in [4.69, 9.17) is 10.5 Å². The molecule has 18 heavy (non-hydrogen) atoms. The van der Waals surface area contributed by atoms with Crippen molar-refractivity contribution < 1.29 is 9.84 Å². The standard InChI is InChI=1S/C14H21NO2.ClH/c1-9(2)17-12-7-5-10(6-8-12)13(15)14(16)11-3-4-11;/h5-9,11,13-14,16H,3-4,15H2,1-2H3;1H/t13-,14+;/m1./s1. The third-order valence-electron chi connectivity index (χ3n) is 3.11. The molecule has 102 valence electrons. The number of aliphatic hydroxyl groups excluding tert-OH is 1. The fraction of sp³-hybridized carbons (Fsp3) is 0.571. The molecule has 0 saturated heterocycles. The fourth-order valence-corrected chi connectivity index (χ4v) is 1.97. The zero-order valence-corrected chi connectivity index (χ0v) is 11.7. The van der Waals surface area contributed by atoms with Crippen LogP contribution in [0.4, 0.5) is 0 Å². The van der Waals surface area contributed by atoms with Crippen molar-refractivity contribution in [3.05, 3.63) is 29.8 Å². The Morgan fingerprint density at radius 1 is 1.22 bits per heavy atom. The molecule has 0 bridgehead atoms. The van der Waals surface area contributed by atoms with Gasteiger partial charge < -0.3 is 15.6 Å². The lowest BCUT2D eigenvalue weighted by atomic mass is 9.99. The number of ether oxygens (including phenoxy) is 1. The van der Waals surface area contributed by atoms with Crippen molar-refractivity contribution in [1.82, 2.24) is 0 Å². The van der Waals surface area contributed by atoms with Crippen LogP contribution in [0.25, 0.3) is 0 Å². The topological polar surface area (TPSA) is 55.5 Å². The fourth-order valence-electron chi connectivity index (χ4n) is 1.97. The second-order valence-corrected chi connectivity index (χ2v) is 5.09. The number of benzene rings is 1. The van der Waals surface area contributed by atoms with Crippen molar-refractivity contribution in [1.29, 1.82) is 0 Å². The SMILES string of the molecule is CC(C)Oc1ccc([C@@H](N)[C@@H](O)C2CC2)cc1.Cl. The van der Waals surface area contributed by atoms with Gasteiger partial charge in [-0.2, -0.15) is 0 Å². The maximum Gasteiger partial charge on any atom is 0.119 e. The first-order valence-corrected chi connectivity index (χ1v) is 6.28. The molecule has 0 heterocycles. The lowest BCUT2D eigenvalue weighted by molar-refractivity contribution is 0.122. The first-order valence-electron chi connectivity index (χ1n) is 6.28. The summed E-state index contributed by atoms with van der Waals surface area (Å²) in [6.45, 7) is 3.99. The molecule has 1 aromatic rings. The predicted octanol–water partition coefficient (Wildman–Crippen LogP) is 2.67. The van der Waals surface area contributed by atoms with Crippen molar-refractivity contribution in [3.8, 4) is 5.75 Å². The average molecular weight is 272 g/mol. The minimum atomic E-state index is -0.410. The van der Waals surface area contributed by atoms with Crippen molar-refractivity contribution in [3.63, 3.8) is 0 Å². The van der Waals surface area contributed by atoms with Gasteiger partial charge in [0.05, 0.1) is 18.2 Å². The van der Waals surface area contributed by atoms with Crippen LogP contribution in [0, 0.1) is 5.92 Å². The number of rotatable bonds is 5. The van der Waals surface area contributed by atoms with E-state index in [9.17, 15) is 5.11 Å². The molecule has 0 unspecified atom stereocenters. The van der Waals surface area contributed by atoms with Gasteiger partial charge in [0.1, 0.15) is 5.75 Å². The van der Waals surface area contributed by atoms with E-state index < -0.39 is 6.10 Å². The molecule has 1 fully saturated rings. The Balaban J connectivity index is 0.00000162. The second kappa shape index (κ2) is 6.41. The highest BCUT2D eigenvalue weighted by Crippen LogP contribution is 2.37. The Hall–Kier alpha value is -0.770. The van der Waals surface area contributed by atoms with Gasteiger partial charge in [0.25, 0.3) is 0 Å². The lowest BCUT2D eigenvalue weighted by Crippen LogP contribution is -2.27. The van der Waals surface area contributed by atoms with Gasteiger partial charge in [-0.15, -0.1) is 12.4 Å². The highest BCUT2D eigenvalue weighted by Gasteiger charge is 2.34. The minimum absolute atomic E-state index is 0. The Bertz CT molecular complexity index is 363. The Labute approximate surface area is 115 Å². The minimum Gasteiger partial charge on any atom is -0.491 e. The summed E-state index contributed by atoms with van der Waals surface area (Å²) < 4.78 is 5.57. The molecule has 2 rings (SSSR count). The zero-order valence-electron chi connectivity index (χ0n) is 10.9. The molecule has 1 aromatic carbocycles. The number of hydrogen-bond acceptors (Lipinski definition) is 3. The van der Waals surface area contributed by atoms with E-state index in [0.29, 0.717) is 5.92 Å². The van der Waals surface area contributed by atoms with Crippen LogP contribution in [0.1, 0.15) is 38.3 Å². The number of aliphatic hydroxyl groups is 1. The normalized spacial score (nSPS) is 18.1. The van der Waals surface area contributed by atoms with E-state index in [2.05, 4.69) is 0 Å². The summed E-state index contributed by atoms with van der Waals surface area (Å²) in [7, 11) is 0. The van der Waals surface area contributed by atoms with Crippen molar-refractivity contribution in [2.75, 3.05) is 0 Å². The molecule has 2 atom stereocenters. The van der Waals surface area contributed by atoms with E-state index in [1.165, 1.54) is 0 Å². The molecule has 0 spiro atoms. The van der Waals surface area contributed by atoms with Gasteiger partial charge in [0.15, 0.2) is 0 Å². The number of hydrogen-bond donors (Lipinski definition) is 2. The van der Waals surface area contributed by atoms with Crippen LogP contribution in [0.5, 0.6) is 5.75 Å². The maximum absolute atomic E-state index is 9.97. The monoisotopic (exact) mass is 271 g/mol. The summed E-state index contributed by atoms with van der Waals surface area (Å²) >= 11 is 0. The molecule has 0 amide bonds. The molecular formula is C14H22ClNO2. The first kappa shape index (κ1) is 15.3. The van der Waals surface area contributed by atoms with Gasteiger partial charge in [-0.25, -0.2) is 0 Å². The molecule has 1 aliphatic carbocycles. The van der Waals surface area contributed by atoms with Gasteiger partial charge >= 0.3 is 0 Å². The maximum atomic E-state index is 9.97. The van der Waals surface area contributed by atoms with Crippen LogP contribution in [0.3, 0.4) is 0 Å². The van der Waals surface area contributed by atoms with Crippen molar-refractivity contribution >= 4 is 12.4 Å². The van der Waals surface area contributed by atoms with Gasteiger partial charge in [0, 0.05) is 0 Å². The number of nitrogens with two attached hydrogens (primary N) is 1. The smallest absolute Gasteiger partial charge is 0.119 e. The van der Waals surface area contributed by atoms with Crippen molar-refractivity contribution in [2.45, 2.75) is 44.9 Å². The first-order chi connectivity index (χ1) is 8.08. The summed E-state index contributed by atoms with van der Waals surface area (Å²) in [5.41, 5.74) is 7.01. The van der Waals surface area contributed by atoms with E-state index in [1.54, 1.807) is 0 Å². The van der Waals surface area contributed by atoms with E-state index >= 15 is 0 Å². The summed E-state index contributed by atoms with van der Waals surface area (Å²) in [6.07, 6.45) is 1.96. The van der Waals surface area contributed by atoms with Crippen LogP contribution >= 0.6 is 12.4 Å². The van der Waals surface area contributed by atoms with Crippen LogP contribution < -0.4 is 10.5 Å². The molecule has 1 saturated carbocycles. The molecule has 0 aliphatic heterocycles. The highest BCUT2D eigenvalue weighted by atomic mass is 35.5. The quantitative estimate of drug-likeness (QED) is 0.866. The molecule has 0 aromatic heterocycles. The molecule has 3 nitrogen and oxygen atoms in total. The second-order valence-electron chi connectivity index (χ2n) is 5.09. The van der Waals surface area contributed by atoms with E-state index in [0.717, 1.165) is 24.2 Å². The third kappa shape index (κ3) is 3.87. The molecule has 4 heteroatoms. The van der Waals surface area contributed by atoms with Gasteiger partial charge in [-0.05, 0) is 50.3 Å². The molecule has 0 radical (unpaired) electrons. The zero-order chi connectivity index (χ0) is 12.4. The van der Waals surface area contributed by atoms with Crippen LogP contribution in [0.2, 0.25) is 0 Å². The Morgan fingerprint density at radius 3 is 2.22 bits per heavy atom. The third-order valence-corrected chi connectivity index (χ3v) is 3.11.